The molecule has 1 aliphatic carbocycles. The minimum atomic E-state index is -1.03. The molecule has 1 fully saturated rings. The van der Waals surface area contributed by atoms with Gasteiger partial charge in [-0.1, -0.05) is 32.4 Å². The molecular formula is C17H22O7. The predicted octanol–water partition coefficient (Wildman–Crippen LogP) is 3.68. The van der Waals surface area contributed by atoms with Crippen molar-refractivity contribution < 1.29 is 33.9 Å². The molecule has 0 heterocycles. The van der Waals surface area contributed by atoms with Crippen LogP contribution in [0.4, 0.5) is 4.79 Å². The molecule has 0 spiro atoms. The number of hydrogen-bond acceptors (Lipinski definition) is 7. The smallest absolute Gasteiger partial charge is 0.496 e. The Labute approximate surface area is 140 Å². The lowest BCUT2D eigenvalue weighted by Gasteiger charge is -2.32. The molecule has 0 aromatic heterocycles. The van der Waals surface area contributed by atoms with E-state index in [1.54, 1.807) is 18.2 Å². The summed E-state index contributed by atoms with van der Waals surface area (Å²) in [4.78, 5) is 32.2. The molecule has 1 saturated carbocycles. The second-order valence-corrected chi connectivity index (χ2v) is 5.90. The molecule has 0 N–H and O–H groups in total. The first-order chi connectivity index (χ1) is 11.5. The van der Waals surface area contributed by atoms with Crippen LogP contribution >= 0.6 is 0 Å². The van der Waals surface area contributed by atoms with Gasteiger partial charge in [0.25, 0.3) is 0 Å². The van der Waals surface area contributed by atoms with Crippen LogP contribution in [0.5, 0.6) is 5.75 Å². The monoisotopic (exact) mass is 338 g/mol. The Morgan fingerprint density at radius 3 is 2.58 bits per heavy atom. The molecule has 0 radical (unpaired) electrons. The average molecular weight is 338 g/mol. The summed E-state index contributed by atoms with van der Waals surface area (Å²) >= 11 is 0. The minimum Gasteiger partial charge on any atom is -0.496 e. The standard InChI is InChI=1S/C17H22O7/c1-11-7-6-10-14(12(11)2)21-17(19)23-24-22-16(18)13-8-4-5-9-15(13)20-3/h4-5,8-9,11-12,14H,6-7,10H2,1-3H3. The zero-order chi connectivity index (χ0) is 17.5. The van der Waals surface area contributed by atoms with Crippen molar-refractivity contribution in [1.82, 2.24) is 0 Å². The fourth-order valence-electron chi connectivity index (χ4n) is 2.78. The van der Waals surface area contributed by atoms with Crippen molar-refractivity contribution in [2.45, 2.75) is 39.2 Å². The molecule has 7 nitrogen and oxygen atoms in total. The second kappa shape index (κ2) is 8.54. The highest BCUT2D eigenvalue weighted by Gasteiger charge is 2.31. The molecule has 0 saturated heterocycles. The number of carbonyl (C=O) groups excluding carboxylic acids is 2. The lowest BCUT2D eigenvalue weighted by Crippen LogP contribution is -2.33. The molecule has 1 aliphatic rings. The van der Waals surface area contributed by atoms with Crippen molar-refractivity contribution in [3.05, 3.63) is 29.8 Å². The van der Waals surface area contributed by atoms with Crippen molar-refractivity contribution in [3.63, 3.8) is 0 Å². The molecule has 1 aromatic rings. The molecule has 24 heavy (non-hydrogen) atoms. The molecule has 132 valence electrons. The molecule has 2 rings (SSSR count). The van der Waals surface area contributed by atoms with E-state index in [4.69, 9.17) is 9.47 Å². The Morgan fingerprint density at radius 1 is 1.08 bits per heavy atom. The van der Waals surface area contributed by atoms with Gasteiger partial charge in [-0.15, -0.1) is 0 Å². The van der Waals surface area contributed by atoms with Crippen LogP contribution in [0.25, 0.3) is 0 Å². The van der Waals surface area contributed by atoms with Crippen LogP contribution in [-0.4, -0.2) is 25.3 Å². The molecule has 1 aromatic carbocycles. The summed E-state index contributed by atoms with van der Waals surface area (Å²) in [6, 6.07) is 6.43. The summed E-state index contributed by atoms with van der Waals surface area (Å²) in [6.07, 6.45) is 1.63. The average Bonchev–Trinajstić information content (AvgIpc) is 2.58. The Morgan fingerprint density at radius 2 is 1.83 bits per heavy atom. The first kappa shape index (κ1) is 18.1. The van der Waals surface area contributed by atoms with Crippen molar-refractivity contribution in [2.75, 3.05) is 7.11 Å². The number of carbonyl (C=O) groups is 2. The number of rotatable bonds is 5. The third-order valence-corrected chi connectivity index (χ3v) is 4.42. The number of methoxy groups -OCH3 is 1. The van der Waals surface area contributed by atoms with Gasteiger partial charge in [-0.25, -0.2) is 14.5 Å². The maximum absolute atomic E-state index is 11.8. The molecule has 3 atom stereocenters. The molecule has 7 heteroatoms. The largest absolute Gasteiger partial charge is 0.543 e. The number of hydrogen-bond donors (Lipinski definition) is 0. The molecule has 0 amide bonds. The predicted molar refractivity (Wildman–Crippen MR) is 83.0 cm³/mol. The Bertz CT molecular complexity index is 572. The fraction of sp³-hybridized carbons (Fsp3) is 0.529. The quantitative estimate of drug-likeness (QED) is 0.460. The highest BCUT2D eigenvalue weighted by molar-refractivity contribution is 5.92. The number of para-hydroxylation sites is 1. The summed E-state index contributed by atoms with van der Waals surface area (Å²) < 4.78 is 10.2. The van der Waals surface area contributed by atoms with E-state index in [1.165, 1.54) is 13.2 Å². The molecular weight excluding hydrogens is 316 g/mol. The van der Waals surface area contributed by atoms with E-state index >= 15 is 0 Å². The van der Waals surface area contributed by atoms with Gasteiger partial charge in [0.2, 0.25) is 0 Å². The van der Waals surface area contributed by atoms with E-state index in [0.717, 1.165) is 19.3 Å². The summed E-state index contributed by atoms with van der Waals surface area (Å²) in [5.74, 6) is 0.182. The summed E-state index contributed by atoms with van der Waals surface area (Å²) in [7, 11) is 1.42. The highest BCUT2D eigenvalue weighted by atomic mass is 17.5. The lowest BCUT2D eigenvalue weighted by molar-refractivity contribution is -0.453. The normalized spacial score (nSPS) is 23.2. The first-order valence-corrected chi connectivity index (χ1v) is 7.92. The second-order valence-electron chi connectivity index (χ2n) is 5.90. The van der Waals surface area contributed by atoms with Gasteiger partial charge in [0, 0.05) is 0 Å². The first-order valence-electron chi connectivity index (χ1n) is 7.92. The van der Waals surface area contributed by atoms with E-state index in [1.807, 2.05) is 6.92 Å². The fourth-order valence-corrected chi connectivity index (χ4v) is 2.78. The van der Waals surface area contributed by atoms with Crippen molar-refractivity contribution in [2.24, 2.45) is 11.8 Å². The van der Waals surface area contributed by atoms with Crippen molar-refractivity contribution in [1.29, 1.82) is 0 Å². The van der Waals surface area contributed by atoms with Crippen molar-refractivity contribution >= 4 is 12.1 Å². The third-order valence-electron chi connectivity index (χ3n) is 4.42. The van der Waals surface area contributed by atoms with Gasteiger partial charge in [-0.3, -0.25) is 4.89 Å². The number of benzene rings is 1. The lowest BCUT2D eigenvalue weighted by atomic mass is 9.79. The van der Waals surface area contributed by atoms with Gasteiger partial charge in [-0.05, 0) is 36.8 Å². The molecule has 0 aliphatic heterocycles. The molecule has 0 bridgehead atoms. The van der Waals surface area contributed by atoms with E-state index in [9.17, 15) is 9.59 Å². The maximum atomic E-state index is 11.8. The molecule has 3 unspecified atom stereocenters. The third kappa shape index (κ3) is 4.61. The van der Waals surface area contributed by atoms with E-state index in [0.29, 0.717) is 11.7 Å². The summed E-state index contributed by atoms with van der Waals surface area (Å²) in [5, 5.41) is 4.24. The summed E-state index contributed by atoms with van der Waals surface area (Å²) in [5.41, 5.74) is 0.145. The van der Waals surface area contributed by atoms with Crippen LogP contribution in [-0.2, 0) is 19.6 Å². The van der Waals surface area contributed by atoms with E-state index in [-0.39, 0.29) is 17.6 Å². The zero-order valence-electron chi connectivity index (χ0n) is 14.0. The Kier molecular flexibility index (Phi) is 6.43. The van der Waals surface area contributed by atoms with Gasteiger partial charge in [0.1, 0.15) is 17.4 Å². The van der Waals surface area contributed by atoms with Crippen molar-refractivity contribution in [3.8, 4) is 5.75 Å². The minimum absolute atomic E-state index is 0.145. The van der Waals surface area contributed by atoms with Crippen LogP contribution in [0.1, 0.15) is 43.5 Å². The Balaban J connectivity index is 1.77. The summed E-state index contributed by atoms with van der Waals surface area (Å²) in [6.45, 7) is 4.15. The van der Waals surface area contributed by atoms with Crippen LogP contribution in [0.3, 0.4) is 0 Å². The van der Waals surface area contributed by atoms with Crippen LogP contribution in [0.15, 0.2) is 24.3 Å². The van der Waals surface area contributed by atoms with Crippen LogP contribution in [0.2, 0.25) is 0 Å². The van der Waals surface area contributed by atoms with Crippen LogP contribution in [0, 0.1) is 11.8 Å². The maximum Gasteiger partial charge on any atom is 0.543 e. The Hall–Kier alpha value is -2.28. The zero-order valence-corrected chi connectivity index (χ0v) is 14.0. The van der Waals surface area contributed by atoms with E-state index in [2.05, 4.69) is 21.7 Å². The van der Waals surface area contributed by atoms with Gasteiger partial charge >= 0.3 is 12.1 Å². The van der Waals surface area contributed by atoms with Gasteiger partial charge in [0.05, 0.1) is 12.1 Å². The van der Waals surface area contributed by atoms with E-state index < -0.39 is 12.1 Å². The van der Waals surface area contributed by atoms with Gasteiger partial charge in [0.15, 0.2) is 0 Å². The SMILES string of the molecule is COc1ccccc1C(=O)OOOC(=O)OC1CCCC(C)C1C. The topological polar surface area (TPSA) is 80.3 Å². The highest BCUT2D eigenvalue weighted by Crippen LogP contribution is 2.31. The number of ether oxygens (including phenoxy) is 2. The van der Waals surface area contributed by atoms with Gasteiger partial charge in [-0.2, -0.15) is 0 Å². The van der Waals surface area contributed by atoms with Gasteiger partial charge < -0.3 is 9.47 Å². The van der Waals surface area contributed by atoms with Crippen LogP contribution < -0.4 is 4.74 Å².